The van der Waals surface area contributed by atoms with E-state index in [4.69, 9.17) is 0 Å². The van der Waals surface area contributed by atoms with E-state index >= 15 is 0 Å². The molecule has 0 heterocycles. The highest BCUT2D eigenvalue weighted by molar-refractivity contribution is 4.70. The van der Waals surface area contributed by atoms with Crippen LogP contribution in [0.4, 0.5) is 0 Å². The maximum absolute atomic E-state index is 2.56. The van der Waals surface area contributed by atoms with Crippen molar-refractivity contribution in [2.24, 2.45) is 5.92 Å². The molecule has 0 aromatic rings. The highest BCUT2D eigenvalue weighted by atomic mass is 14.1. The van der Waals surface area contributed by atoms with Crippen molar-refractivity contribution in [1.82, 2.24) is 0 Å². The third-order valence-corrected chi connectivity index (χ3v) is 3.81. The van der Waals surface area contributed by atoms with Crippen molar-refractivity contribution in [2.45, 2.75) is 97.8 Å². The van der Waals surface area contributed by atoms with Crippen LogP contribution < -0.4 is 0 Å². The molecule has 0 rings (SSSR count). The molecule has 0 aliphatic carbocycles. The van der Waals surface area contributed by atoms with Crippen LogP contribution >= 0.6 is 0 Å². The van der Waals surface area contributed by atoms with E-state index in [9.17, 15) is 0 Å². The van der Waals surface area contributed by atoms with Crippen LogP contribution in [0.3, 0.4) is 0 Å². The molecule has 0 nitrogen and oxygen atoms in total. The van der Waals surface area contributed by atoms with E-state index in [0.717, 1.165) is 5.92 Å². The zero-order valence-electron chi connectivity index (χ0n) is 12.6. The summed E-state index contributed by atoms with van der Waals surface area (Å²) in [7, 11) is 0. The van der Waals surface area contributed by atoms with Crippen LogP contribution in [0.1, 0.15) is 97.8 Å². The van der Waals surface area contributed by atoms with Crippen LogP contribution in [0.5, 0.6) is 0 Å². The highest BCUT2D eigenvalue weighted by Gasteiger charge is 2.05. The maximum Gasteiger partial charge on any atom is -0.0383 e. The van der Waals surface area contributed by atoms with Crippen molar-refractivity contribution in [3.8, 4) is 0 Å². The molecule has 0 N–H and O–H groups in total. The molecule has 1 atom stereocenters. The lowest BCUT2D eigenvalue weighted by molar-refractivity contribution is 0.432. The molecule has 103 valence electrons. The first-order valence-electron chi connectivity index (χ1n) is 8.16. The van der Waals surface area contributed by atoms with Gasteiger partial charge >= 0.3 is 0 Å². The summed E-state index contributed by atoms with van der Waals surface area (Å²) in [6, 6.07) is 0. The minimum absolute atomic E-state index is 0.970. The summed E-state index contributed by atoms with van der Waals surface area (Å²) in [6.07, 6.45) is 19.4. The molecule has 17 heavy (non-hydrogen) atoms. The fourth-order valence-corrected chi connectivity index (χ4v) is 2.42. The second-order valence-electron chi connectivity index (χ2n) is 5.50. The Hall–Kier alpha value is 0. The lowest BCUT2D eigenvalue weighted by atomic mass is 9.92. The Morgan fingerprint density at radius 2 is 1.41 bits per heavy atom. The zero-order valence-corrected chi connectivity index (χ0v) is 12.6. The molecule has 0 amide bonds. The van der Waals surface area contributed by atoms with E-state index < -0.39 is 0 Å². The summed E-state index contributed by atoms with van der Waals surface area (Å²) < 4.78 is 0. The molecule has 0 heteroatoms. The van der Waals surface area contributed by atoms with Crippen LogP contribution in [-0.2, 0) is 0 Å². The van der Waals surface area contributed by atoms with Crippen LogP contribution in [0.25, 0.3) is 0 Å². The minimum Gasteiger partial charge on any atom is -0.0654 e. The number of hydrogen-bond donors (Lipinski definition) is 0. The third-order valence-electron chi connectivity index (χ3n) is 3.81. The van der Waals surface area contributed by atoms with Gasteiger partial charge in [-0.3, -0.25) is 0 Å². The standard InChI is InChI=1S/C17H35/c1-4-7-9-10-11-12-14-16-17(6-3)15-13-8-5-2/h14,17H,4-13,15-16H2,1-3H3. The van der Waals surface area contributed by atoms with Crippen molar-refractivity contribution in [3.05, 3.63) is 6.42 Å². The summed E-state index contributed by atoms with van der Waals surface area (Å²) in [4.78, 5) is 0. The average Bonchev–Trinajstić information content (AvgIpc) is 2.35. The van der Waals surface area contributed by atoms with Gasteiger partial charge in [-0.1, -0.05) is 91.4 Å². The highest BCUT2D eigenvalue weighted by Crippen LogP contribution is 2.20. The summed E-state index contributed by atoms with van der Waals surface area (Å²) >= 11 is 0. The smallest absolute Gasteiger partial charge is 0.0383 e. The molecule has 0 saturated heterocycles. The SMILES string of the molecule is CCCCCCC[CH]CC(CC)CCCCC. The second-order valence-corrected chi connectivity index (χ2v) is 5.50. The van der Waals surface area contributed by atoms with Gasteiger partial charge in [0.05, 0.1) is 0 Å². The van der Waals surface area contributed by atoms with Crippen molar-refractivity contribution >= 4 is 0 Å². The zero-order chi connectivity index (χ0) is 12.8. The van der Waals surface area contributed by atoms with Crippen molar-refractivity contribution < 1.29 is 0 Å². The van der Waals surface area contributed by atoms with E-state index in [1.54, 1.807) is 0 Å². The first-order chi connectivity index (χ1) is 8.35. The fraction of sp³-hybridized carbons (Fsp3) is 0.941. The molecule has 0 aliphatic rings. The maximum atomic E-state index is 2.56. The van der Waals surface area contributed by atoms with E-state index in [2.05, 4.69) is 27.2 Å². The molecule has 0 aliphatic heterocycles. The van der Waals surface area contributed by atoms with Gasteiger partial charge in [0.15, 0.2) is 0 Å². The molecule has 0 aromatic carbocycles. The first-order valence-corrected chi connectivity index (χ1v) is 8.16. The minimum atomic E-state index is 0.970. The Balaban J connectivity index is 3.25. The Morgan fingerprint density at radius 3 is 2.06 bits per heavy atom. The van der Waals surface area contributed by atoms with Gasteiger partial charge in [0.2, 0.25) is 0 Å². The first kappa shape index (κ1) is 17.0. The quantitative estimate of drug-likeness (QED) is 0.320. The van der Waals surface area contributed by atoms with E-state index in [-0.39, 0.29) is 0 Å². The molecular formula is C17H35. The van der Waals surface area contributed by atoms with Gasteiger partial charge in [-0.05, 0) is 18.8 Å². The monoisotopic (exact) mass is 239 g/mol. The van der Waals surface area contributed by atoms with E-state index in [1.807, 2.05) is 0 Å². The summed E-state index contributed by atoms with van der Waals surface area (Å²) in [5, 5.41) is 0. The summed E-state index contributed by atoms with van der Waals surface area (Å²) in [5.74, 6) is 0.970. The number of rotatable bonds is 13. The van der Waals surface area contributed by atoms with Gasteiger partial charge in [-0.25, -0.2) is 0 Å². The Bertz CT molecular complexity index is 128. The molecule has 0 spiro atoms. The lowest BCUT2D eigenvalue weighted by Crippen LogP contribution is -1.99. The van der Waals surface area contributed by atoms with Gasteiger partial charge in [0.1, 0.15) is 0 Å². The lowest BCUT2D eigenvalue weighted by Gasteiger charge is -2.14. The van der Waals surface area contributed by atoms with Gasteiger partial charge in [0.25, 0.3) is 0 Å². The Kier molecular flexibility index (Phi) is 14.1. The largest absolute Gasteiger partial charge is 0.0654 e. The molecule has 0 fully saturated rings. The predicted molar refractivity (Wildman–Crippen MR) is 80.2 cm³/mol. The second kappa shape index (κ2) is 14.1. The van der Waals surface area contributed by atoms with Gasteiger partial charge in [0, 0.05) is 0 Å². The molecule has 0 saturated carbocycles. The van der Waals surface area contributed by atoms with E-state index in [0.29, 0.717) is 0 Å². The van der Waals surface area contributed by atoms with Crippen molar-refractivity contribution in [3.63, 3.8) is 0 Å². The molecule has 0 bridgehead atoms. The van der Waals surface area contributed by atoms with Gasteiger partial charge < -0.3 is 0 Å². The molecule has 1 unspecified atom stereocenters. The fourth-order valence-electron chi connectivity index (χ4n) is 2.42. The normalized spacial score (nSPS) is 12.9. The third kappa shape index (κ3) is 12.2. The van der Waals surface area contributed by atoms with Crippen LogP contribution in [0.15, 0.2) is 0 Å². The summed E-state index contributed by atoms with van der Waals surface area (Å²) in [6.45, 7) is 6.93. The van der Waals surface area contributed by atoms with Crippen molar-refractivity contribution in [1.29, 1.82) is 0 Å². The Morgan fingerprint density at radius 1 is 0.765 bits per heavy atom. The number of unbranched alkanes of at least 4 members (excludes halogenated alkanes) is 8. The van der Waals surface area contributed by atoms with Crippen LogP contribution in [0, 0.1) is 12.3 Å². The van der Waals surface area contributed by atoms with Crippen LogP contribution in [0.2, 0.25) is 0 Å². The van der Waals surface area contributed by atoms with Gasteiger partial charge in [-0.15, -0.1) is 0 Å². The predicted octanol–water partition coefficient (Wildman–Crippen LogP) is 6.55. The summed E-state index contributed by atoms with van der Waals surface area (Å²) in [5.41, 5.74) is 0. The molecular weight excluding hydrogens is 204 g/mol. The van der Waals surface area contributed by atoms with Crippen molar-refractivity contribution in [2.75, 3.05) is 0 Å². The number of hydrogen-bond acceptors (Lipinski definition) is 0. The van der Waals surface area contributed by atoms with E-state index in [1.165, 1.54) is 77.0 Å². The Labute approximate surface area is 111 Å². The topological polar surface area (TPSA) is 0 Å². The van der Waals surface area contributed by atoms with Crippen LogP contribution in [-0.4, -0.2) is 0 Å². The average molecular weight is 239 g/mol. The molecule has 0 aromatic heterocycles. The molecule has 1 radical (unpaired) electrons. The van der Waals surface area contributed by atoms with Gasteiger partial charge in [-0.2, -0.15) is 0 Å².